The molecule has 0 aliphatic rings. The lowest BCUT2D eigenvalue weighted by atomic mass is 10.2. The second kappa shape index (κ2) is 2.79. The van der Waals surface area contributed by atoms with E-state index >= 15 is 0 Å². The number of fused-ring (bicyclic) bond motifs is 1. The molecule has 0 aromatic carbocycles. The predicted octanol–water partition coefficient (Wildman–Crippen LogP) is 0.816. The van der Waals surface area contributed by atoms with Gasteiger partial charge in [0.1, 0.15) is 0 Å². The van der Waals surface area contributed by atoms with Crippen molar-refractivity contribution in [2.45, 2.75) is 6.42 Å². The van der Waals surface area contributed by atoms with Crippen LogP contribution in [0.1, 0.15) is 5.56 Å². The summed E-state index contributed by atoms with van der Waals surface area (Å²) in [6.07, 6.45) is 3.81. The van der Waals surface area contributed by atoms with E-state index in [1.165, 1.54) is 4.68 Å². The van der Waals surface area contributed by atoms with Gasteiger partial charge in [0.05, 0.1) is 12.5 Å². The number of aromatic nitrogens is 2. The van der Waals surface area contributed by atoms with E-state index in [9.17, 15) is 0 Å². The van der Waals surface area contributed by atoms with Gasteiger partial charge < -0.3 is 5.84 Å². The first kappa shape index (κ1) is 7.62. The third-order valence-corrected chi connectivity index (χ3v) is 1.89. The van der Waals surface area contributed by atoms with Crippen LogP contribution in [-0.4, -0.2) is 9.66 Å². The van der Waals surface area contributed by atoms with Crippen LogP contribution < -0.4 is 5.84 Å². The fourth-order valence-corrected chi connectivity index (χ4v) is 1.28. The van der Waals surface area contributed by atoms with Crippen LogP contribution in [0.15, 0.2) is 24.5 Å². The molecule has 2 aromatic heterocycles. The van der Waals surface area contributed by atoms with Crippen LogP contribution in [0, 0.1) is 11.3 Å². The molecule has 0 aliphatic heterocycles. The highest BCUT2D eigenvalue weighted by Crippen LogP contribution is 2.12. The Morgan fingerprint density at radius 1 is 1.62 bits per heavy atom. The van der Waals surface area contributed by atoms with Crippen molar-refractivity contribution in [3.8, 4) is 6.07 Å². The van der Waals surface area contributed by atoms with E-state index in [1.54, 1.807) is 12.4 Å². The van der Waals surface area contributed by atoms with E-state index in [0.717, 1.165) is 16.6 Å². The highest BCUT2D eigenvalue weighted by Gasteiger charge is 2.00. The lowest BCUT2D eigenvalue weighted by Gasteiger charge is -1.96. The van der Waals surface area contributed by atoms with Gasteiger partial charge in [-0.3, -0.25) is 4.68 Å². The predicted molar refractivity (Wildman–Crippen MR) is 49.2 cm³/mol. The number of hydrogen-bond acceptors (Lipinski definition) is 3. The molecule has 0 saturated heterocycles. The van der Waals surface area contributed by atoms with Gasteiger partial charge >= 0.3 is 0 Å². The van der Waals surface area contributed by atoms with Crippen molar-refractivity contribution in [1.82, 2.24) is 9.66 Å². The Bertz CT molecular complexity index is 478. The quantitative estimate of drug-likeness (QED) is 0.647. The second-order valence-corrected chi connectivity index (χ2v) is 2.81. The van der Waals surface area contributed by atoms with Gasteiger partial charge in [-0.25, -0.2) is 4.98 Å². The van der Waals surface area contributed by atoms with Gasteiger partial charge in [0.15, 0.2) is 5.65 Å². The number of pyridine rings is 1. The summed E-state index contributed by atoms with van der Waals surface area (Å²) in [6.45, 7) is 0. The van der Waals surface area contributed by atoms with Gasteiger partial charge in [-0.1, -0.05) is 0 Å². The van der Waals surface area contributed by atoms with Crippen LogP contribution in [0.5, 0.6) is 0 Å². The molecule has 0 spiro atoms. The minimum absolute atomic E-state index is 0.388. The third-order valence-electron chi connectivity index (χ3n) is 1.89. The maximum Gasteiger partial charge on any atom is 0.158 e. The van der Waals surface area contributed by atoms with Crippen LogP contribution >= 0.6 is 0 Å². The van der Waals surface area contributed by atoms with E-state index in [1.807, 2.05) is 12.1 Å². The van der Waals surface area contributed by atoms with Crippen molar-refractivity contribution >= 4 is 11.0 Å². The minimum atomic E-state index is 0.388. The van der Waals surface area contributed by atoms with Gasteiger partial charge in [-0.2, -0.15) is 5.26 Å². The Morgan fingerprint density at radius 2 is 2.46 bits per heavy atom. The molecule has 2 heterocycles. The molecule has 2 N–H and O–H groups in total. The number of nitrogens with zero attached hydrogens (tertiary/aromatic N) is 3. The molecule has 13 heavy (non-hydrogen) atoms. The summed E-state index contributed by atoms with van der Waals surface area (Å²) in [4.78, 5) is 4.15. The van der Waals surface area contributed by atoms with Crippen molar-refractivity contribution in [2.24, 2.45) is 0 Å². The SMILES string of the molecule is N#CCc1cnc2c(ccn2N)c1. The Hall–Kier alpha value is -2.02. The summed E-state index contributed by atoms with van der Waals surface area (Å²) in [5.41, 5.74) is 1.66. The lowest BCUT2D eigenvalue weighted by Crippen LogP contribution is -2.06. The summed E-state index contributed by atoms with van der Waals surface area (Å²) in [5.74, 6) is 5.59. The largest absolute Gasteiger partial charge is 0.338 e. The first-order chi connectivity index (χ1) is 6.31. The number of nitriles is 1. The number of rotatable bonds is 1. The summed E-state index contributed by atoms with van der Waals surface area (Å²) in [5, 5.41) is 9.46. The Kier molecular flexibility index (Phi) is 1.64. The number of nitrogens with two attached hydrogens (primary N) is 1. The molecule has 0 unspecified atom stereocenters. The van der Waals surface area contributed by atoms with Gasteiger partial charge in [-0.15, -0.1) is 0 Å². The summed E-state index contributed by atoms with van der Waals surface area (Å²) < 4.78 is 1.46. The van der Waals surface area contributed by atoms with Crippen LogP contribution in [0.4, 0.5) is 0 Å². The number of hydrogen-bond donors (Lipinski definition) is 1. The topological polar surface area (TPSA) is 67.6 Å². The molecule has 2 rings (SSSR count). The minimum Gasteiger partial charge on any atom is -0.338 e. The van der Waals surface area contributed by atoms with Gasteiger partial charge in [0.2, 0.25) is 0 Å². The molecule has 4 nitrogen and oxygen atoms in total. The first-order valence-corrected chi connectivity index (χ1v) is 3.89. The molecule has 0 aliphatic carbocycles. The fourth-order valence-electron chi connectivity index (χ4n) is 1.28. The molecule has 64 valence electrons. The summed E-state index contributed by atoms with van der Waals surface area (Å²) in [6, 6.07) is 5.88. The van der Waals surface area contributed by atoms with Crippen molar-refractivity contribution in [3.63, 3.8) is 0 Å². The molecule has 0 saturated carbocycles. The Balaban J connectivity index is 2.58. The molecule has 0 fully saturated rings. The van der Waals surface area contributed by atoms with Crippen LogP contribution in [0.3, 0.4) is 0 Å². The lowest BCUT2D eigenvalue weighted by molar-refractivity contribution is 1.03. The van der Waals surface area contributed by atoms with Gasteiger partial charge in [0.25, 0.3) is 0 Å². The van der Waals surface area contributed by atoms with Crippen molar-refractivity contribution in [3.05, 3.63) is 30.1 Å². The van der Waals surface area contributed by atoms with E-state index in [4.69, 9.17) is 11.1 Å². The van der Waals surface area contributed by atoms with E-state index in [0.29, 0.717) is 6.42 Å². The van der Waals surface area contributed by atoms with E-state index in [-0.39, 0.29) is 0 Å². The molecule has 2 aromatic rings. The van der Waals surface area contributed by atoms with Gasteiger partial charge in [-0.05, 0) is 17.7 Å². The monoisotopic (exact) mass is 172 g/mol. The highest BCUT2D eigenvalue weighted by molar-refractivity contribution is 5.76. The molecule has 4 heteroatoms. The zero-order valence-corrected chi connectivity index (χ0v) is 6.94. The molecule has 0 bridgehead atoms. The molecule has 0 amide bonds. The molecular weight excluding hydrogens is 164 g/mol. The zero-order valence-electron chi connectivity index (χ0n) is 6.94. The second-order valence-electron chi connectivity index (χ2n) is 2.81. The molecular formula is C9H8N4. The zero-order chi connectivity index (χ0) is 9.26. The van der Waals surface area contributed by atoms with Gasteiger partial charge in [0, 0.05) is 17.8 Å². The average molecular weight is 172 g/mol. The van der Waals surface area contributed by atoms with Crippen LogP contribution in [0.2, 0.25) is 0 Å². The summed E-state index contributed by atoms with van der Waals surface area (Å²) >= 11 is 0. The van der Waals surface area contributed by atoms with E-state index in [2.05, 4.69) is 11.1 Å². The number of nitrogen functional groups attached to an aromatic ring is 1. The van der Waals surface area contributed by atoms with Crippen molar-refractivity contribution in [1.29, 1.82) is 5.26 Å². The highest BCUT2D eigenvalue weighted by atomic mass is 15.3. The standard InChI is InChI=1S/C9H8N4/c10-3-1-7-5-8-2-4-13(11)9(8)12-6-7/h2,4-6H,1,11H2. The van der Waals surface area contributed by atoms with Crippen molar-refractivity contribution in [2.75, 3.05) is 5.84 Å². The van der Waals surface area contributed by atoms with Crippen LogP contribution in [-0.2, 0) is 6.42 Å². The van der Waals surface area contributed by atoms with Crippen molar-refractivity contribution < 1.29 is 0 Å². The average Bonchev–Trinajstić information content (AvgIpc) is 2.48. The smallest absolute Gasteiger partial charge is 0.158 e. The maximum absolute atomic E-state index is 8.49. The van der Waals surface area contributed by atoms with Crippen LogP contribution in [0.25, 0.3) is 11.0 Å². The fraction of sp³-hybridized carbons (Fsp3) is 0.111. The Labute approximate surface area is 75.2 Å². The first-order valence-electron chi connectivity index (χ1n) is 3.89. The third kappa shape index (κ3) is 1.20. The Morgan fingerprint density at radius 3 is 3.23 bits per heavy atom. The normalized spacial score (nSPS) is 10.1. The van der Waals surface area contributed by atoms with E-state index < -0.39 is 0 Å². The maximum atomic E-state index is 8.49. The molecule has 0 radical (unpaired) electrons. The molecule has 0 atom stereocenters. The summed E-state index contributed by atoms with van der Waals surface area (Å²) in [7, 11) is 0.